The first-order valence-electron chi connectivity index (χ1n) is 9.65. The molecule has 0 aliphatic rings. The van der Waals surface area contributed by atoms with Gasteiger partial charge in [0.1, 0.15) is 30.1 Å². The lowest BCUT2D eigenvalue weighted by molar-refractivity contribution is 0.0793. The monoisotopic (exact) mass is 416 g/mol. The number of hydrogen-bond donors (Lipinski definition) is 2. The summed E-state index contributed by atoms with van der Waals surface area (Å²) in [4.78, 5) is 0. The summed E-state index contributed by atoms with van der Waals surface area (Å²) >= 11 is 0. The molecule has 0 aliphatic heterocycles. The van der Waals surface area contributed by atoms with E-state index in [1.54, 1.807) is 34.5 Å². The minimum absolute atomic E-state index is 0.447. The SMILES string of the molecule is C=C(c1cc(OC)cc(OC)c1)C(OCC)c1c(C(N)OC)cccc1C(N)OC. The topological polar surface area (TPSA) is 98.2 Å². The molecule has 3 atom stereocenters. The quantitative estimate of drug-likeness (QED) is 0.539. The fourth-order valence-electron chi connectivity index (χ4n) is 3.32. The summed E-state index contributed by atoms with van der Waals surface area (Å²) in [5, 5.41) is 0. The molecule has 4 N–H and O–H groups in total. The van der Waals surface area contributed by atoms with E-state index in [0.717, 1.165) is 22.3 Å². The lowest BCUT2D eigenvalue weighted by atomic mass is 9.88. The van der Waals surface area contributed by atoms with E-state index in [1.165, 1.54) is 0 Å². The van der Waals surface area contributed by atoms with Crippen LogP contribution in [0, 0.1) is 0 Å². The zero-order chi connectivity index (χ0) is 22.3. The Labute approximate surface area is 178 Å². The first kappa shape index (κ1) is 23.9. The molecule has 7 heteroatoms. The van der Waals surface area contributed by atoms with Gasteiger partial charge in [-0.3, -0.25) is 0 Å². The van der Waals surface area contributed by atoms with E-state index in [2.05, 4.69) is 6.58 Å². The molecule has 0 heterocycles. The molecule has 3 unspecified atom stereocenters. The van der Waals surface area contributed by atoms with Crippen molar-refractivity contribution in [2.24, 2.45) is 11.5 Å². The Morgan fingerprint density at radius 2 is 1.40 bits per heavy atom. The van der Waals surface area contributed by atoms with Crippen LogP contribution in [0.15, 0.2) is 43.0 Å². The van der Waals surface area contributed by atoms with Crippen molar-refractivity contribution in [3.63, 3.8) is 0 Å². The molecule has 0 amide bonds. The largest absolute Gasteiger partial charge is 0.497 e. The van der Waals surface area contributed by atoms with Crippen LogP contribution in [0.25, 0.3) is 5.57 Å². The van der Waals surface area contributed by atoms with Crippen LogP contribution in [0.4, 0.5) is 0 Å². The van der Waals surface area contributed by atoms with Crippen molar-refractivity contribution in [2.75, 3.05) is 35.0 Å². The van der Waals surface area contributed by atoms with Gasteiger partial charge in [-0.05, 0) is 35.8 Å². The molecule has 0 saturated carbocycles. The Kier molecular flexibility index (Phi) is 8.83. The molecular formula is C23H32N2O5. The predicted octanol–water partition coefficient (Wildman–Crippen LogP) is 3.70. The summed E-state index contributed by atoms with van der Waals surface area (Å²) in [7, 11) is 6.30. The molecule has 2 rings (SSSR count). The van der Waals surface area contributed by atoms with Crippen LogP contribution < -0.4 is 20.9 Å². The highest BCUT2D eigenvalue weighted by Crippen LogP contribution is 2.41. The number of benzene rings is 2. The van der Waals surface area contributed by atoms with Gasteiger partial charge in [0, 0.05) is 38.0 Å². The summed E-state index contributed by atoms with van der Waals surface area (Å²) in [6.45, 7) is 6.69. The third kappa shape index (κ3) is 5.19. The number of rotatable bonds is 11. The molecule has 7 nitrogen and oxygen atoms in total. The highest BCUT2D eigenvalue weighted by Gasteiger charge is 2.28. The molecular weight excluding hydrogens is 384 g/mol. The number of methoxy groups -OCH3 is 4. The smallest absolute Gasteiger partial charge is 0.131 e. The lowest BCUT2D eigenvalue weighted by Gasteiger charge is -2.29. The maximum Gasteiger partial charge on any atom is 0.131 e. The number of ether oxygens (including phenoxy) is 5. The van der Waals surface area contributed by atoms with Gasteiger partial charge >= 0.3 is 0 Å². The Hall–Kier alpha value is -2.42. The van der Waals surface area contributed by atoms with E-state index < -0.39 is 18.6 Å². The molecule has 164 valence electrons. The summed E-state index contributed by atoms with van der Waals surface area (Å²) in [6.07, 6.45) is -1.88. The third-order valence-electron chi connectivity index (χ3n) is 4.93. The average Bonchev–Trinajstić information content (AvgIpc) is 2.80. The summed E-state index contributed by atoms with van der Waals surface area (Å²) in [6, 6.07) is 11.2. The molecule has 0 radical (unpaired) electrons. The van der Waals surface area contributed by atoms with Crippen molar-refractivity contribution in [2.45, 2.75) is 25.5 Å². The minimum Gasteiger partial charge on any atom is -0.497 e. The average molecular weight is 417 g/mol. The molecule has 0 saturated heterocycles. The number of hydrogen-bond acceptors (Lipinski definition) is 7. The van der Waals surface area contributed by atoms with Crippen LogP contribution in [0.3, 0.4) is 0 Å². The highest BCUT2D eigenvalue weighted by molar-refractivity contribution is 5.72. The lowest BCUT2D eigenvalue weighted by Crippen LogP contribution is -2.23. The van der Waals surface area contributed by atoms with Gasteiger partial charge in [0.05, 0.1) is 14.2 Å². The van der Waals surface area contributed by atoms with Gasteiger partial charge in [-0.1, -0.05) is 24.8 Å². The summed E-state index contributed by atoms with van der Waals surface area (Å²) < 4.78 is 27.8. The fourth-order valence-corrected chi connectivity index (χ4v) is 3.32. The second-order valence-electron chi connectivity index (χ2n) is 6.62. The van der Waals surface area contributed by atoms with Crippen molar-refractivity contribution in [1.82, 2.24) is 0 Å². The zero-order valence-electron chi connectivity index (χ0n) is 18.3. The van der Waals surface area contributed by atoms with Crippen LogP contribution in [-0.2, 0) is 14.2 Å². The first-order chi connectivity index (χ1) is 14.4. The maximum atomic E-state index is 6.24. The summed E-state index contributed by atoms with van der Waals surface area (Å²) in [5.74, 6) is 1.30. The van der Waals surface area contributed by atoms with Crippen molar-refractivity contribution in [1.29, 1.82) is 0 Å². The van der Waals surface area contributed by atoms with Gasteiger partial charge in [0.2, 0.25) is 0 Å². The fraction of sp³-hybridized carbons (Fsp3) is 0.391. The van der Waals surface area contributed by atoms with E-state index in [4.69, 9.17) is 35.2 Å². The maximum absolute atomic E-state index is 6.24. The van der Waals surface area contributed by atoms with Gasteiger partial charge in [-0.2, -0.15) is 0 Å². The molecule has 0 spiro atoms. The van der Waals surface area contributed by atoms with Crippen molar-refractivity contribution < 1.29 is 23.7 Å². The molecule has 0 fully saturated rings. The molecule has 2 aromatic carbocycles. The molecule has 30 heavy (non-hydrogen) atoms. The standard InChI is InChI=1S/C23H32N2O5/c1-7-30-21(14(2)15-11-16(26-3)13-17(12-15)27-4)20-18(22(24)28-5)9-8-10-19(20)23(25)29-6/h8-13,21-23H,2,7,24-25H2,1,3-6H3. The van der Waals surface area contributed by atoms with E-state index >= 15 is 0 Å². The van der Waals surface area contributed by atoms with Crippen LogP contribution in [0.5, 0.6) is 11.5 Å². The van der Waals surface area contributed by atoms with Crippen LogP contribution in [-0.4, -0.2) is 35.0 Å². The van der Waals surface area contributed by atoms with E-state index in [1.807, 2.05) is 37.3 Å². The van der Waals surface area contributed by atoms with Gasteiger partial charge < -0.3 is 35.2 Å². The van der Waals surface area contributed by atoms with Gasteiger partial charge in [-0.25, -0.2) is 0 Å². The number of nitrogens with two attached hydrogens (primary N) is 2. The Balaban J connectivity index is 2.69. The van der Waals surface area contributed by atoms with Crippen molar-refractivity contribution >= 4 is 5.57 Å². The third-order valence-corrected chi connectivity index (χ3v) is 4.93. The normalized spacial score (nSPS) is 14.1. The van der Waals surface area contributed by atoms with Crippen molar-refractivity contribution in [3.05, 3.63) is 65.2 Å². The van der Waals surface area contributed by atoms with Gasteiger partial charge in [-0.15, -0.1) is 0 Å². The van der Waals surface area contributed by atoms with E-state index in [9.17, 15) is 0 Å². The molecule has 0 aliphatic carbocycles. The molecule has 2 aromatic rings. The van der Waals surface area contributed by atoms with Gasteiger partial charge in [0.25, 0.3) is 0 Å². The second kappa shape index (κ2) is 11.1. The van der Waals surface area contributed by atoms with Gasteiger partial charge in [0.15, 0.2) is 0 Å². The second-order valence-corrected chi connectivity index (χ2v) is 6.62. The molecule has 0 bridgehead atoms. The zero-order valence-corrected chi connectivity index (χ0v) is 18.3. The Morgan fingerprint density at radius 3 is 1.80 bits per heavy atom. The minimum atomic E-state index is -0.667. The highest BCUT2D eigenvalue weighted by atomic mass is 16.5. The van der Waals surface area contributed by atoms with Crippen LogP contribution >= 0.6 is 0 Å². The molecule has 0 aromatic heterocycles. The van der Waals surface area contributed by atoms with Crippen molar-refractivity contribution in [3.8, 4) is 11.5 Å². The van der Waals surface area contributed by atoms with E-state index in [-0.39, 0.29) is 0 Å². The van der Waals surface area contributed by atoms with E-state index in [0.29, 0.717) is 23.7 Å². The Morgan fingerprint density at radius 1 is 0.900 bits per heavy atom. The summed E-state index contributed by atoms with van der Waals surface area (Å²) in [5.41, 5.74) is 16.3. The van der Waals surface area contributed by atoms with Crippen LogP contribution in [0.2, 0.25) is 0 Å². The predicted molar refractivity (Wildman–Crippen MR) is 117 cm³/mol. The Bertz CT molecular complexity index is 805. The van der Waals surface area contributed by atoms with Crippen LogP contribution in [0.1, 0.15) is 47.7 Å². The first-order valence-corrected chi connectivity index (χ1v) is 9.65.